The quantitative estimate of drug-likeness (QED) is 0.531. The van der Waals surface area contributed by atoms with E-state index in [-0.39, 0.29) is 5.91 Å². The Labute approximate surface area is 189 Å². The van der Waals surface area contributed by atoms with Crippen molar-refractivity contribution in [3.8, 4) is 0 Å². The predicted molar refractivity (Wildman–Crippen MR) is 119 cm³/mol. The lowest BCUT2D eigenvalue weighted by Gasteiger charge is -2.56. The Kier molecular flexibility index (Phi) is 6.77. The highest BCUT2D eigenvalue weighted by atomic mass is 35.5. The van der Waals surface area contributed by atoms with Gasteiger partial charge in [-0.15, -0.1) is 0 Å². The average Bonchev–Trinajstić information content (AvgIpc) is 2.71. The van der Waals surface area contributed by atoms with E-state index in [1.54, 1.807) is 12.1 Å². The molecular weight excluding hydrogens is 416 g/mol. The number of carbonyl (C=O) groups is 2. The Morgan fingerprint density at radius 2 is 1.84 bits per heavy atom. The molecule has 2 amide bonds. The number of halogens is 1. The minimum Gasteiger partial charge on any atom is -0.465 e. The highest BCUT2D eigenvalue weighted by Crippen LogP contribution is 2.59. The van der Waals surface area contributed by atoms with Crippen LogP contribution < -0.4 is 5.32 Å². The maximum atomic E-state index is 12.9. The lowest BCUT2D eigenvalue weighted by Crippen LogP contribution is -2.51. The van der Waals surface area contributed by atoms with Crippen molar-refractivity contribution in [2.24, 2.45) is 23.2 Å². The molecule has 5 rings (SSSR count). The third-order valence-electron chi connectivity index (χ3n) is 7.44. The molecule has 170 valence electrons. The second-order valence-corrected chi connectivity index (χ2v) is 10.4. The molecule has 0 heterocycles. The summed E-state index contributed by atoms with van der Waals surface area (Å²) in [6.07, 6.45) is 7.65. The van der Waals surface area contributed by atoms with E-state index in [1.807, 2.05) is 6.07 Å². The SMILES string of the molecule is CN(CCCOCc1ccc(Cl)c(C(=O)NCC23CC4CC(CC(C4)C2)C3)c1)C(=O)O. The molecular formula is C24H33ClN2O4. The van der Waals surface area contributed by atoms with E-state index in [9.17, 15) is 9.59 Å². The monoisotopic (exact) mass is 448 g/mol. The van der Waals surface area contributed by atoms with Gasteiger partial charge in [-0.1, -0.05) is 17.7 Å². The van der Waals surface area contributed by atoms with Gasteiger partial charge in [0.25, 0.3) is 5.91 Å². The first-order valence-electron chi connectivity index (χ1n) is 11.4. The summed E-state index contributed by atoms with van der Waals surface area (Å²) < 4.78 is 5.65. The number of ether oxygens (including phenoxy) is 1. The molecule has 7 heteroatoms. The van der Waals surface area contributed by atoms with Crippen LogP contribution in [0, 0.1) is 23.2 Å². The summed E-state index contributed by atoms with van der Waals surface area (Å²) in [4.78, 5) is 24.9. The molecule has 1 aromatic carbocycles. The number of nitrogens with zero attached hydrogens (tertiary/aromatic N) is 1. The standard InChI is InChI=1S/C24H33ClN2O4/c1-27(23(29)30)5-2-6-31-14-16-3-4-21(25)20(10-16)22(28)26-15-24-11-17-7-18(12-24)9-19(8-17)13-24/h3-4,10,17-19H,2,5-9,11-15H2,1H3,(H,26,28)(H,29,30). The minimum atomic E-state index is -0.943. The number of nitrogens with one attached hydrogen (secondary N) is 1. The molecule has 4 aliphatic carbocycles. The summed E-state index contributed by atoms with van der Waals surface area (Å²) in [6.45, 7) is 1.99. The molecule has 0 radical (unpaired) electrons. The zero-order valence-electron chi connectivity index (χ0n) is 18.2. The summed E-state index contributed by atoms with van der Waals surface area (Å²) in [5.41, 5.74) is 1.68. The van der Waals surface area contributed by atoms with Crippen molar-refractivity contribution in [1.29, 1.82) is 0 Å². The van der Waals surface area contributed by atoms with Crippen molar-refractivity contribution >= 4 is 23.6 Å². The van der Waals surface area contributed by atoms with Gasteiger partial charge in [-0.2, -0.15) is 0 Å². The molecule has 4 aliphatic rings. The maximum Gasteiger partial charge on any atom is 0.407 e. The van der Waals surface area contributed by atoms with Crippen molar-refractivity contribution in [3.05, 3.63) is 34.3 Å². The Bertz CT molecular complexity index is 793. The van der Waals surface area contributed by atoms with Crippen LogP contribution in [0.1, 0.15) is 60.9 Å². The molecule has 4 saturated carbocycles. The van der Waals surface area contributed by atoms with Crippen LogP contribution in [0.3, 0.4) is 0 Å². The van der Waals surface area contributed by atoms with Crippen LogP contribution in [0.2, 0.25) is 5.02 Å². The smallest absolute Gasteiger partial charge is 0.407 e. The Morgan fingerprint density at radius 3 is 2.45 bits per heavy atom. The third kappa shape index (κ3) is 5.35. The summed E-state index contributed by atoms with van der Waals surface area (Å²) in [7, 11) is 1.54. The second-order valence-electron chi connectivity index (χ2n) is 10.0. The van der Waals surface area contributed by atoms with Gasteiger partial charge < -0.3 is 20.1 Å². The van der Waals surface area contributed by atoms with Gasteiger partial charge in [0.1, 0.15) is 0 Å². The van der Waals surface area contributed by atoms with Gasteiger partial charge in [0.15, 0.2) is 0 Å². The predicted octanol–water partition coefficient (Wildman–Crippen LogP) is 4.80. The van der Waals surface area contributed by atoms with Crippen LogP contribution >= 0.6 is 11.6 Å². The molecule has 0 saturated heterocycles. The second kappa shape index (κ2) is 9.37. The van der Waals surface area contributed by atoms with Gasteiger partial charge in [-0.05, 0) is 85.8 Å². The van der Waals surface area contributed by atoms with Crippen LogP contribution in [0.5, 0.6) is 0 Å². The molecule has 4 bridgehead atoms. The lowest BCUT2D eigenvalue weighted by molar-refractivity contribution is -0.0503. The molecule has 31 heavy (non-hydrogen) atoms. The van der Waals surface area contributed by atoms with Crippen molar-refractivity contribution < 1.29 is 19.4 Å². The fourth-order valence-electron chi connectivity index (χ4n) is 6.40. The van der Waals surface area contributed by atoms with Gasteiger partial charge in [0.2, 0.25) is 0 Å². The zero-order chi connectivity index (χ0) is 22.0. The Hall–Kier alpha value is -1.79. The highest BCUT2D eigenvalue weighted by Gasteiger charge is 2.50. The van der Waals surface area contributed by atoms with E-state index in [2.05, 4.69) is 5.32 Å². The normalized spacial score (nSPS) is 28.5. The first-order valence-corrected chi connectivity index (χ1v) is 11.8. The maximum absolute atomic E-state index is 12.9. The molecule has 2 N–H and O–H groups in total. The summed E-state index contributed by atoms with van der Waals surface area (Å²) in [6, 6.07) is 5.42. The first-order chi connectivity index (χ1) is 14.8. The molecule has 6 nitrogen and oxygen atoms in total. The van der Waals surface area contributed by atoms with E-state index < -0.39 is 6.09 Å². The molecule has 1 aromatic rings. The van der Waals surface area contributed by atoms with E-state index in [1.165, 1.54) is 50.5 Å². The van der Waals surface area contributed by atoms with Crippen LogP contribution in [-0.4, -0.2) is 48.8 Å². The number of carbonyl (C=O) groups excluding carboxylic acids is 1. The van der Waals surface area contributed by atoms with Gasteiger partial charge in [-0.25, -0.2) is 4.79 Å². The Morgan fingerprint density at radius 1 is 1.19 bits per heavy atom. The first kappa shape index (κ1) is 22.4. The Balaban J connectivity index is 1.28. The molecule has 4 fully saturated rings. The number of carboxylic acid groups (broad SMARTS) is 1. The molecule has 0 spiro atoms. The van der Waals surface area contributed by atoms with Crippen molar-refractivity contribution in [2.75, 3.05) is 26.7 Å². The zero-order valence-corrected chi connectivity index (χ0v) is 19.0. The number of hydrogen-bond acceptors (Lipinski definition) is 3. The fraction of sp³-hybridized carbons (Fsp3) is 0.667. The molecule has 0 unspecified atom stereocenters. The number of rotatable bonds is 9. The average molecular weight is 449 g/mol. The summed E-state index contributed by atoms with van der Waals surface area (Å²) >= 11 is 6.33. The third-order valence-corrected chi connectivity index (χ3v) is 7.77. The number of hydrogen-bond donors (Lipinski definition) is 2. The number of benzene rings is 1. The largest absolute Gasteiger partial charge is 0.465 e. The van der Waals surface area contributed by atoms with Crippen LogP contribution in [0.15, 0.2) is 18.2 Å². The summed E-state index contributed by atoms with van der Waals surface area (Å²) in [5.74, 6) is 2.48. The molecule has 0 aliphatic heterocycles. The molecule has 0 aromatic heterocycles. The van der Waals surface area contributed by atoms with Gasteiger partial charge in [0, 0.05) is 26.7 Å². The highest BCUT2D eigenvalue weighted by molar-refractivity contribution is 6.33. The van der Waals surface area contributed by atoms with Gasteiger partial charge in [0.05, 0.1) is 17.2 Å². The van der Waals surface area contributed by atoms with E-state index >= 15 is 0 Å². The van der Waals surface area contributed by atoms with Crippen LogP contribution in [-0.2, 0) is 11.3 Å². The number of amides is 2. The van der Waals surface area contributed by atoms with Crippen LogP contribution in [0.4, 0.5) is 4.79 Å². The minimum absolute atomic E-state index is 0.106. The van der Waals surface area contributed by atoms with Gasteiger partial charge in [-0.3, -0.25) is 4.79 Å². The van der Waals surface area contributed by atoms with E-state index in [0.29, 0.717) is 42.2 Å². The van der Waals surface area contributed by atoms with Crippen molar-refractivity contribution in [3.63, 3.8) is 0 Å². The summed E-state index contributed by atoms with van der Waals surface area (Å²) in [5, 5.41) is 12.5. The van der Waals surface area contributed by atoms with Crippen molar-refractivity contribution in [1.82, 2.24) is 10.2 Å². The fourth-order valence-corrected chi connectivity index (χ4v) is 6.60. The van der Waals surface area contributed by atoms with E-state index in [0.717, 1.165) is 29.9 Å². The lowest BCUT2D eigenvalue weighted by atomic mass is 9.49. The van der Waals surface area contributed by atoms with Crippen LogP contribution in [0.25, 0.3) is 0 Å². The molecule has 0 atom stereocenters. The van der Waals surface area contributed by atoms with Crippen molar-refractivity contribution in [2.45, 2.75) is 51.6 Å². The van der Waals surface area contributed by atoms with E-state index in [4.69, 9.17) is 21.4 Å². The topological polar surface area (TPSA) is 78.9 Å². The van der Waals surface area contributed by atoms with Gasteiger partial charge >= 0.3 is 6.09 Å².